The molecule has 0 N–H and O–H groups in total. The fraction of sp³-hybridized carbons (Fsp3) is 0.200. The molecule has 2 aromatic heterocycles. The number of para-hydroxylation sites is 1. The number of rotatable bonds is 4. The Balaban J connectivity index is 1.93. The lowest BCUT2D eigenvalue weighted by atomic mass is 10.2. The maximum Gasteiger partial charge on any atom is 0.246 e. The molecule has 0 spiro atoms. The molecule has 0 atom stereocenters. The van der Waals surface area contributed by atoms with Crippen LogP contribution in [-0.2, 0) is 13.2 Å². The molecule has 3 aromatic rings. The van der Waals surface area contributed by atoms with E-state index in [0.717, 1.165) is 17.6 Å². The molecular weight excluding hydrogens is 254 g/mol. The molecule has 0 aliphatic heterocycles. The molecule has 0 aliphatic rings. The molecule has 20 heavy (non-hydrogen) atoms. The van der Waals surface area contributed by atoms with Crippen molar-refractivity contribution < 1.29 is 9.15 Å². The van der Waals surface area contributed by atoms with Crippen molar-refractivity contribution in [2.45, 2.75) is 20.1 Å². The predicted molar refractivity (Wildman–Crippen MR) is 73.2 cm³/mol. The van der Waals surface area contributed by atoms with Crippen LogP contribution in [0.2, 0.25) is 0 Å². The first-order valence-corrected chi connectivity index (χ1v) is 6.37. The lowest BCUT2D eigenvalue weighted by Gasteiger charge is -2.06. The summed E-state index contributed by atoms with van der Waals surface area (Å²) >= 11 is 0. The summed E-state index contributed by atoms with van der Waals surface area (Å²) in [4.78, 5) is 4.09. The van der Waals surface area contributed by atoms with Crippen LogP contribution in [0.5, 0.6) is 5.75 Å². The molecule has 0 bridgehead atoms. The molecule has 0 fully saturated rings. The van der Waals surface area contributed by atoms with Gasteiger partial charge in [-0.15, -0.1) is 0 Å². The Hall–Kier alpha value is -2.74. The zero-order valence-corrected chi connectivity index (χ0v) is 11.0. The number of nitrogens with zero attached hydrogens (tertiary/aromatic N) is 3. The highest BCUT2D eigenvalue weighted by Crippen LogP contribution is 2.32. The molecule has 5 nitrogen and oxygen atoms in total. The Morgan fingerprint density at radius 3 is 3.05 bits per heavy atom. The number of furan rings is 1. The molecule has 0 unspecified atom stereocenters. The van der Waals surface area contributed by atoms with E-state index in [1.807, 2.05) is 41.8 Å². The van der Waals surface area contributed by atoms with Gasteiger partial charge in [-0.2, -0.15) is 5.26 Å². The van der Waals surface area contributed by atoms with E-state index in [-0.39, 0.29) is 5.76 Å². The summed E-state index contributed by atoms with van der Waals surface area (Å²) in [7, 11) is 0. The van der Waals surface area contributed by atoms with Crippen molar-refractivity contribution in [1.82, 2.24) is 9.55 Å². The SMILES string of the molecule is CCn1cncc1COc1c(C#N)oc2ccccc12. The zero-order valence-electron chi connectivity index (χ0n) is 11.0. The standard InChI is InChI=1S/C15H13N3O2/c1-2-18-10-17-8-11(18)9-19-15-12-5-3-4-6-13(12)20-14(15)7-16/h3-6,8,10H,2,9H2,1H3. The highest BCUT2D eigenvalue weighted by Gasteiger charge is 2.15. The molecule has 2 heterocycles. The van der Waals surface area contributed by atoms with Crippen molar-refractivity contribution in [1.29, 1.82) is 5.26 Å². The van der Waals surface area contributed by atoms with Crippen LogP contribution in [0.1, 0.15) is 18.4 Å². The molecule has 0 radical (unpaired) electrons. The maximum atomic E-state index is 9.14. The summed E-state index contributed by atoms with van der Waals surface area (Å²) in [6.07, 6.45) is 3.52. The number of nitriles is 1. The topological polar surface area (TPSA) is 64.0 Å². The maximum absolute atomic E-state index is 9.14. The summed E-state index contributed by atoms with van der Waals surface area (Å²) in [6, 6.07) is 9.48. The predicted octanol–water partition coefficient (Wildman–Crippen LogP) is 3.10. The number of ether oxygens (including phenoxy) is 1. The fourth-order valence-electron chi connectivity index (χ4n) is 2.14. The quantitative estimate of drug-likeness (QED) is 0.728. The van der Waals surface area contributed by atoms with Crippen LogP contribution in [0.25, 0.3) is 11.0 Å². The van der Waals surface area contributed by atoms with Gasteiger partial charge < -0.3 is 13.7 Å². The van der Waals surface area contributed by atoms with Crippen molar-refractivity contribution in [3.05, 3.63) is 48.2 Å². The second-order valence-electron chi connectivity index (χ2n) is 4.33. The highest BCUT2D eigenvalue weighted by molar-refractivity contribution is 5.86. The van der Waals surface area contributed by atoms with Gasteiger partial charge in [0.2, 0.25) is 5.76 Å². The summed E-state index contributed by atoms with van der Waals surface area (Å²) in [5, 5.41) is 9.95. The Bertz CT molecular complexity index is 780. The Morgan fingerprint density at radius 1 is 1.40 bits per heavy atom. The van der Waals surface area contributed by atoms with Crippen LogP contribution in [0.4, 0.5) is 0 Å². The Morgan fingerprint density at radius 2 is 2.25 bits per heavy atom. The van der Waals surface area contributed by atoms with Gasteiger partial charge in [0.15, 0.2) is 5.75 Å². The second kappa shape index (κ2) is 5.10. The number of hydrogen-bond acceptors (Lipinski definition) is 4. The average Bonchev–Trinajstić information content (AvgIpc) is 3.08. The first-order chi connectivity index (χ1) is 9.83. The van der Waals surface area contributed by atoms with Gasteiger partial charge in [0.05, 0.1) is 23.6 Å². The third-order valence-electron chi connectivity index (χ3n) is 3.16. The highest BCUT2D eigenvalue weighted by atomic mass is 16.5. The molecule has 0 saturated heterocycles. The van der Waals surface area contributed by atoms with Crippen molar-refractivity contribution >= 4 is 11.0 Å². The Kier molecular flexibility index (Phi) is 3.13. The number of imidazole rings is 1. The minimum atomic E-state index is 0.203. The van der Waals surface area contributed by atoms with Gasteiger partial charge in [0.1, 0.15) is 18.3 Å². The van der Waals surface area contributed by atoms with Gasteiger partial charge >= 0.3 is 0 Å². The van der Waals surface area contributed by atoms with Gasteiger partial charge in [0.25, 0.3) is 0 Å². The fourth-order valence-corrected chi connectivity index (χ4v) is 2.14. The van der Waals surface area contributed by atoms with E-state index < -0.39 is 0 Å². The van der Waals surface area contributed by atoms with Crippen molar-refractivity contribution in [2.24, 2.45) is 0 Å². The van der Waals surface area contributed by atoms with E-state index in [4.69, 9.17) is 14.4 Å². The first kappa shape index (κ1) is 12.3. The molecule has 1 aromatic carbocycles. The summed E-state index contributed by atoms with van der Waals surface area (Å²) in [5.74, 6) is 0.695. The van der Waals surface area contributed by atoms with E-state index in [1.165, 1.54) is 0 Å². The van der Waals surface area contributed by atoms with E-state index in [2.05, 4.69) is 4.98 Å². The van der Waals surface area contributed by atoms with E-state index >= 15 is 0 Å². The molecular formula is C15H13N3O2. The van der Waals surface area contributed by atoms with E-state index in [1.54, 1.807) is 12.5 Å². The Labute approximate surface area is 116 Å². The zero-order chi connectivity index (χ0) is 13.9. The van der Waals surface area contributed by atoms with Crippen LogP contribution in [0.15, 0.2) is 41.2 Å². The van der Waals surface area contributed by atoms with Crippen molar-refractivity contribution in [3.8, 4) is 11.8 Å². The minimum Gasteiger partial charge on any atom is -0.482 e. The number of hydrogen-bond donors (Lipinski definition) is 0. The third-order valence-corrected chi connectivity index (χ3v) is 3.16. The van der Waals surface area contributed by atoms with Gasteiger partial charge in [-0.3, -0.25) is 0 Å². The summed E-state index contributed by atoms with van der Waals surface area (Å²) in [6.45, 7) is 3.22. The van der Waals surface area contributed by atoms with Crippen molar-refractivity contribution in [2.75, 3.05) is 0 Å². The van der Waals surface area contributed by atoms with E-state index in [0.29, 0.717) is 17.9 Å². The lowest BCUT2D eigenvalue weighted by molar-refractivity contribution is 0.293. The van der Waals surface area contributed by atoms with Gasteiger partial charge in [-0.05, 0) is 19.1 Å². The molecule has 0 saturated carbocycles. The number of aromatic nitrogens is 2. The van der Waals surface area contributed by atoms with Crippen LogP contribution >= 0.6 is 0 Å². The van der Waals surface area contributed by atoms with Crippen LogP contribution in [0, 0.1) is 11.3 Å². The first-order valence-electron chi connectivity index (χ1n) is 6.37. The molecule has 0 aliphatic carbocycles. The van der Waals surface area contributed by atoms with Gasteiger partial charge in [-0.25, -0.2) is 4.98 Å². The normalized spacial score (nSPS) is 10.6. The lowest BCUT2D eigenvalue weighted by Crippen LogP contribution is -2.03. The smallest absolute Gasteiger partial charge is 0.246 e. The number of aryl methyl sites for hydroxylation is 1. The van der Waals surface area contributed by atoms with Gasteiger partial charge in [-0.1, -0.05) is 12.1 Å². The number of benzene rings is 1. The molecule has 0 amide bonds. The van der Waals surface area contributed by atoms with Crippen molar-refractivity contribution in [3.63, 3.8) is 0 Å². The molecule has 3 rings (SSSR count). The third kappa shape index (κ3) is 2.01. The van der Waals surface area contributed by atoms with Crippen LogP contribution < -0.4 is 4.74 Å². The largest absolute Gasteiger partial charge is 0.482 e. The molecule has 5 heteroatoms. The second-order valence-corrected chi connectivity index (χ2v) is 4.33. The number of fused-ring (bicyclic) bond motifs is 1. The van der Waals surface area contributed by atoms with Crippen LogP contribution in [-0.4, -0.2) is 9.55 Å². The van der Waals surface area contributed by atoms with E-state index in [9.17, 15) is 0 Å². The molecule has 100 valence electrons. The average molecular weight is 267 g/mol. The summed E-state index contributed by atoms with van der Waals surface area (Å²) in [5.41, 5.74) is 1.62. The summed E-state index contributed by atoms with van der Waals surface area (Å²) < 4.78 is 13.3. The van der Waals surface area contributed by atoms with Gasteiger partial charge in [0, 0.05) is 6.54 Å². The van der Waals surface area contributed by atoms with Crippen LogP contribution in [0.3, 0.4) is 0 Å². The minimum absolute atomic E-state index is 0.203. The monoisotopic (exact) mass is 267 g/mol.